The van der Waals surface area contributed by atoms with Crippen LogP contribution in [0.15, 0.2) is 102 Å². The third-order valence-electron chi connectivity index (χ3n) is 6.01. The Bertz CT molecular complexity index is 1150. The molecule has 1 fully saturated rings. The number of hydrazone groups is 1. The standard InChI is InChI=1S/C28H27N3/c1-2-7-24(8-3-1)25-15-13-23(14-16-25)21-29-31-19-17-30(18-20-31)22-27-11-6-10-26-9-4-5-12-28(26)27/h1-16,21H,17-20,22H2/b29-21-. The van der Waals surface area contributed by atoms with Gasteiger partial charge in [0.05, 0.1) is 6.21 Å². The predicted octanol–water partition coefficient (Wildman–Crippen LogP) is 5.66. The summed E-state index contributed by atoms with van der Waals surface area (Å²) in [7, 11) is 0. The van der Waals surface area contributed by atoms with Crippen molar-refractivity contribution in [2.24, 2.45) is 5.10 Å². The second-order valence-electron chi connectivity index (χ2n) is 8.10. The molecule has 1 aliphatic rings. The average molecular weight is 406 g/mol. The second-order valence-corrected chi connectivity index (χ2v) is 8.10. The van der Waals surface area contributed by atoms with E-state index >= 15 is 0 Å². The first-order valence-corrected chi connectivity index (χ1v) is 11.0. The Hall–Kier alpha value is -3.43. The zero-order valence-electron chi connectivity index (χ0n) is 17.7. The summed E-state index contributed by atoms with van der Waals surface area (Å²) in [6.45, 7) is 4.99. The van der Waals surface area contributed by atoms with Crippen LogP contribution in [0.25, 0.3) is 21.9 Å². The van der Waals surface area contributed by atoms with E-state index in [-0.39, 0.29) is 0 Å². The quantitative estimate of drug-likeness (QED) is 0.399. The zero-order valence-corrected chi connectivity index (χ0v) is 17.7. The molecule has 0 atom stereocenters. The van der Waals surface area contributed by atoms with Crippen LogP contribution in [0, 0.1) is 0 Å². The molecule has 4 aromatic rings. The van der Waals surface area contributed by atoms with E-state index in [0.29, 0.717) is 0 Å². The lowest BCUT2D eigenvalue weighted by atomic mass is 10.0. The fourth-order valence-electron chi connectivity index (χ4n) is 4.22. The van der Waals surface area contributed by atoms with Gasteiger partial charge >= 0.3 is 0 Å². The van der Waals surface area contributed by atoms with Crippen molar-refractivity contribution in [2.45, 2.75) is 6.54 Å². The van der Waals surface area contributed by atoms with Gasteiger partial charge in [-0.3, -0.25) is 9.91 Å². The summed E-state index contributed by atoms with van der Waals surface area (Å²) in [5.41, 5.74) is 5.03. The van der Waals surface area contributed by atoms with Crippen molar-refractivity contribution in [1.82, 2.24) is 9.91 Å². The Morgan fingerprint density at radius 2 is 1.32 bits per heavy atom. The van der Waals surface area contributed by atoms with E-state index in [1.807, 2.05) is 12.3 Å². The molecule has 31 heavy (non-hydrogen) atoms. The number of piperazine rings is 1. The van der Waals surface area contributed by atoms with Gasteiger partial charge in [0.25, 0.3) is 0 Å². The van der Waals surface area contributed by atoms with Crippen molar-refractivity contribution in [2.75, 3.05) is 26.2 Å². The Labute approximate surface area is 184 Å². The summed E-state index contributed by atoms with van der Waals surface area (Å²) in [6.07, 6.45) is 1.98. The molecular formula is C28H27N3. The fraction of sp³-hybridized carbons (Fsp3) is 0.179. The lowest BCUT2D eigenvalue weighted by Crippen LogP contribution is -2.43. The van der Waals surface area contributed by atoms with Crippen LogP contribution in [0.1, 0.15) is 11.1 Å². The van der Waals surface area contributed by atoms with Crippen molar-refractivity contribution >= 4 is 17.0 Å². The van der Waals surface area contributed by atoms with Crippen LogP contribution in [0.4, 0.5) is 0 Å². The van der Waals surface area contributed by atoms with Crippen LogP contribution in [0.3, 0.4) is 0 Å². The zero-order chi connectivity index (χ0) is 20.9. The van der Waals surface area contributed by atoms with Crippen LogP contribution < -0.4 is 0 Å². The average Bonchev–Trinajstić information content (AvgIpc) is 2.85. The molecule has 3 heteroatoms. The molecule has 1 aliphatic heterocycles. The molecule has 1 heterocycles. The van der Waals surface area contributed by atoms with E-state index < -0.39 is 0 Å². The molecule has 0 aliphatic carbocycles. The maximum absolute atomic E-state index is 4.73. The van der Waals surface area contributed by atoms with Crippen LogP contribution >= 0.6 is 0 Å². The summed E-state index contributed by atoms with van der Waals surface area (Å²) < 4.78 is 0. The third-order valence-corrected chi connectivity index (χ3v) is 6.01. The maximum Gasteiger partial charge on any atom is 0.0542 e. The summed E-state index contributed by atoms with van der Waals surface area (Å²) in [4.78, 5) is 2.53. The van der Waals surface area contributed by atoms with Gasteiger partial charge in [-0.05, 0) is 33.0 Å². The molecule has 0 unspecified atom stereocenters. The van der Waals surface area contributed by atoms with E-state index in [9.17, 15) is 0 Å². The maximum atomic E-state index is 4.73. The minimum atomic E-state index is 0.962. The molecule has 0 saturated carbocycles. The topological polar surface area (TPSA) is 18.8 Å². The summed E-state index contributed by atoms with van der Waals surface area (Å²) in [5.74, 6) is 0. The Morgan fingerprint density at radius 1 is 0.645 bits per heavy atom. The Kier molecular flexibility index (Phi) is 5.76. The van der Waals surface area contributed by atoms with Gasteiger partial charge in [-0.25, -0.2) is 0 Å². The van der Waals surface area contributed by atoms with Gasteiger partial charge in [0, 0.05) is 32.7 Å². The van der Waals surface area contributed by atoms with E-state index in [4.69, 9.17) is 5.10 Å². The number of benzene rings is 4. The Morgan fingerprint density at radius 3 is 2.13 bits per heavy atom. The highest BCUT2D eigenvalue weighted by Gasteiger charge is 2.16. The molecule has 0 radical (unpaired) electrons. The summed E-state index contributed by atoms with van der Waals surface area (Å²) >= 11 is 0. The van der Waals surface area contributed by atoms with Gasteiger partial charge in [-0.1, -0.05) is 97.1 Å². The first-order chi connectivity index (χ1) is 15.3. The SMILES string of the molecule is C(=N/N1CCN(Cc2cccc3ccccc23)CC1)/c1ccc(-c2ccccc2)cc1. The first-order valence-electron chi connectivity index (χ1n) is 11.0. The molecule has 154 valence electrons. The molecule has 0 bridgehead atoms. The molecule has 0 aromatic heterocycles. The monoisotopic (exact) mass is 405 g/mol. The highest BCUT2D eigenvalue weighted by atomic mass is 15.5. The number of hydrogen-bond donors (Lipinski definition) is 0. The highest BCUT2D eigenvalue weighted by molar-refractivity contribution is 5.85. The smallest absolute Gasteiger partial charge is 0.0542 e. The van der Waals surface area contributed by atoms with Gasteiger partial charge in [0.1, 0.15) is 0 Å². The van der Waals surface area contributed by atoms with Gasteiger partial charge < -0.3 is 0 Å². The molecule has 3 nitrogen and oxygen atoms in total. The van der Waals surface area contributed by atoms with Gasteiger partial charge in [0.15, 0.2) is 0 Å². The summed E-state index contributed by atoms with van der Waals surface area (Å²) in [5, 5.41) is 9.60. The number of fused-ring (bicyclic) bond motifs is 1. The normalized spacial score (nSPS) is 15.0. The highest BCUT2D eigenvalue weighted by Crippen LogP contribution is 2.21. The van der Waals surface area contributed by atoms with E-state index in [0.717, 1.165) is 38.3 Å². The first kappa shape index (κ1) is 19.5. The minimum Gasteiger partial charge on any atom is -0.295 e. The van der Waals surface area contributed by atoms with Crippen molar-refractivity contribution < 1.29 is 0 Å². The predicted molar refractivity (Wildman–Crippen MR) is 130 cm³/mol. The number of nitrogens with zero attached hydrogens (tertiary/aromatic N) is 3. The van der Waals surface area contributed by atoms with Crippen molar-refractivity contribution in [3.05, 3.63) is 108 Å². The molecule has 0 spiro atoms. The number of rotatable bonds is 5. The molecule has 0 N–H and O–H groups in total. The fourth-order valence-corrected chi connectivity index (χ4v) is 4.22. The molecule has 4 aromatic carbocycles. The lowest BCUT2D eigenvalue weighted by Gasteiger charge is -2.33. The van der Waals surface area contributed by atoms with Gasteiger partial charge in [0.2, 0.25) is 0 Å². The van der Waals surface area contributed by atoms with Crippen LogP contribution in [-0.2, 0) is 6.54 Å². The number of hydrogen-bond acceptors (Lipinski definition) is 3. The van der Waals surface area contributed by atoms with Crippen LogP contribution in [0.5, 0.6) is 0 Å². The van der Waals surface area contributed by atoms with Crippen molar-refractivity contribution in [3.8, 4) is 11.1 Å². The lowest BCUT2D eigenvalue weighted by molar-refractivity contribution is 0.131. The largest absolute Gasteiger partial charge is 0.295 e. The van der Waals surface area contributed by atoms with Crippen LogP contribution in [0.2, 0.25) is 0 Å². The van der Waals surface area contributed by atoms with E-state index in [2.05, 4.69) is 101 Å². The molecule has 5 rings (SSSR count). The van der Waals surface area contributed by atoms with Crippen molar-refractivity contribution in [3.63, 3.8) is 0 Å². The van der Waals surface area contributed by atoms with Crippen molar-refractivity contribution in [1.29, 1.82) is 0 Å². The summed E-state index contributed by atoms with van der Waals surface area (Å²) in [6, 6.07) is 34.4. The third kappa shape index (κ3) is 4.68. The van der Waals surface area contributed by atoms with Gasteiger partial charge in [-0.15, -0.1) is 0 Å². The minimum absolute atomic E-state index is 0.962. The van der Waals surface area contributed by atoms with Crippen LogP contribution in [-0.4, -0.2) is 42.3 Å². The second kappa shape index (κ2) is 9.15. The molecule has 1 saturated heterocycles. The molecule has 0 amide bonds. The van der Waals surface area contributed by atoms with E-state index in [1.165, 1.54) is 27.5 Å². The van der Waals surface area contributed by atoms with Gasteiger partial charge in [-0.2, -0.15) is 5.10 Å². The van der Waals surface area contributed by atoms with E-state index in [1.54, 1.807) is 0 Å². The molecular weight excluding hydrogens is 378 g/mol. The Balaban J connectivity index is 1.17.